The molecule has 128 valence electrons. The second-order valence-electron chi connectivity index (χ2n) is 6.89. The summed E-state index contributed by atoms with van der Waals surface area (Å²) in [5.41, 5.74) is 1.26. The molecular formula is C19H30N2O2. The molecule has 2 rings (SSSR count). The smallest absolute Gasteiger partial charge is 0.410 e. The summed E-state index contributed by atoms with van der Waals surface area (Å²) in [7, 11) is 4.22. The van der Waals surface area contributed by atoms with Crippen molar-refractivity contribution < 1.29 is 9.53 Å². The molecular weight excluding hydrogens is 288 g/mol. The van der Waals surface area contributed by atoms with Crippen LogP contribution in [0.5, 0.6) is 5.75 Å². The average Bonchev–Trinajstić information content (AvgIpc) is 3.02. The number of benzene rings is 1. The Hall–Kier alpha value is -1.55. The van der Waals surface area contributed by atoms with Gasteiger partial charge >= 0.3 is 6.09 Å². The summed E-state index contributed by atoms with van der Waals surface area (Å²) in [6, 6.07) is 8.05. The van der Waals surface area contributed by atoms with Gasteiger partial charge in [0.2, 0.25) is 0 Å². The molecule has 0 radical (unpaired) electrons. The van der Waals surface area contributed by atoms with Crippen molar-refractivity contribution in [1.82, 2.24) is 9.80 Å². The van der Waals surface area contributed by atoms with Crippen LogP contribution in [0.25, 0.3) is 0 Å². The quantitative estimate of drug-likeness (QED) is 0.795. The van der Waals surface area contributed by atoms with Crippen molar-refractivity contribution in [2.24, 2.45) is 5.92 Å². The molecule has 1 aromatic rings. The van der Waals surface area contributed by atoms with Crippen LogP contribution in [0.2, 0.25) is 0 Å². The van der Waals surface area contributed by atoms with Gasteiger partial charge in [0, 0.05) is 19.6 Å². The Balaban J connectivity index is 2.06. The number of carbonyl (C=O) groups excluding carboxylic acids is 1. The van der Waals surface area contributed by atoms with Gasteiger partial charge < -0.3 is 14.5 Å². The highest BCUT2D eigenvalue weighted by atomic mass is 16.6. The average molecular weight is 318 g/mol. The molecule has 1 saturated heterocycles. The highest BCUT2D eigenvalue weighted by Gasteiger charge is 2.21. The summed E-state index contributed by atoms with van der Waals surface area (Å²) in [4.78, 5) is 16.2. The molecule has 0 N–H and O–H groups in total. The van der Waals surface area contributed by atoms with Crippen molar-refractivity contribution in [3.05, 3.63) is 29.8 Å². The second-order valence-corrected chi connectivity index (χ2v) is 6.89. The maximum absolute atomic E-state index is 12.1. The molecule has 1 heterocycles. The number of nitrogens with zero attached hydrogens (tertiary/aromatic N) is 2. The van der Waals surface area contributed by atoms with Crippen LogP contribution in [0.3, 0.4) is 0 Å². The number of rotatable bonds is 6. The van der Waals surface area contributed by atoms with E-state index in [2.05, 4.69) is 38.9 Å². The Morgan fingerprint density at radius 3 is 2.61 bits per heavy atom. The topological polar surface area (TPSA) is 32.8 Å². The second kappa shape index (κ2) is 8.34. The SMILES string of the molecule is CC[C@@H](c1cccc(OC(=O)N2CCCC2)c1)[C@@H](C)CN(C)C. The zero-order valence-electron chi connectivity index (χ0n) is 14.9. The number of likely N-dealkylation sites (tertiary alicyclic amines) is 1. The van der Waals surface area contributed by atoms with Crippen LogP contribution in [0.4, 0.5) is 4.79 Å². The molecule has 23 heavy (non-hydrogen) atoms. The summed E-state index contributed by atoms with van der Waals surface area (Å²) in [5.74, 6) is 1.69. The van der Waals surface area contributed by atoms with Crippen molar-refractivity contribution in [3.63, 3.8) is 0 Å². The fourth-order valence-corrected chi connectivity index (χ4v) is 3.54. The van der Waals surface area contributed by atoms with Gasteiger partial charge in [0.15, 0.2) is 0 Å². The van der Waals surface area contributed by atoms with E-state index in [4.69, 9.17) is 4.74 Å². The maximum atomic E-state index is 12.1. The fourth-order valence-electron chi connectivity index (χ4n) is 3.54. The zero-order chi connectivity index (χ0) is 16.8. The first-order chi connectivity index (χ1) is 11.0. The molecule has 2 atom stereocenters. The van der Waals surface area contributed by atoms with Crippen LogP contribution in [0.15, 0.2) is 24.3 Å². The van der Waals surface area contributed by atoms with Gasteiger partial charge in [0.1, 0.15) is 5.75 Å². The summed E-state index contributed by atoms with van der Waals surface area (Å²) in [6.45, 7) is 7.19. The van der Waals surface area contributed by atoms with Gasteiger partial charge in [-0.2, -0.15) is 0 Å². The normalized spacial score (nSPS) is 17.3. The third kappa shape index (κ3) is 4.96. The lowest BCUT2D eigenvalue weighted by molar-refractivity contribution is 0.162. The van der Waals surface area contributed by atoms with Crippen LogP contribution in [-0.4, -0.2) is 49.6 Å². The Morgan fingerprint density at radius 2 is 2.00 bits per heavy atom. The molecule has 4 heteroatoms. The van der Waals surface area contributed by atoms with E-state index in [0.717, 1.165) is 38.9 Å². The molecule has 0 saturated carbocycles. The minimum atomic E-state index is -0.214. The molecule has 0 unspecified atom stereocenters. The summed E-state index contributed by atoms with van der Waals surface area (Å²) in [5, 5.41) is 0. The van der Waals surface area contributed by atoms with Gasteiger partial charge in [-0.15, -0.1) is 0 Å². The minimum absolute atomic E-state index is 0.214. The lowest BCUT2D eigenvalue weighted by Gasteiger charge is -2.26. The van der Waals surface area contributed by atoms with E-state index in [1.807, 2.05) is 18.2 Å². The molecule has 0 bridgehead atoms. The number of ether oxygens (including phenoxy) is 1. The number of carbonyl (C=O) groups is 1. The molecule has 1 aliphatic rings. The molecule has 1 aliphatic heterocycles. The first-order valence-electron chi connectivity index (χ1n) is 8.72. The lowest BCUT2D eigenvalue weighted by Crippen LogP contribution is -2.30. The molecule has 0 aromatic heterocycles. The first-order valence-corrected chi connectivity index (χ1v) is 8.72. The van der Waals surface area contributed by atoms with Crippen molar-refractivity contribution in [2.75, 3.05) is 33.7 Å². The Morgan fingerprint density at radius 1 is 1.30 bits per heavy atom. The fraction of sp³-hybridized carbons (Fsp3) is 0.632. The van der Waals surface area contributed by atoms with E-state index in [9.17, 15) is 4.79 Å². The number of amides is 1. The van der Waals surface area contributed by atoms with Gasteiger partial charge in [-0.05, 0) is 62.9 Å². The van der Waals surface area contributed by atoms with Crippen molar-refractivity contribution in [2.45, 2.75) is 39.0 Å². The van der Waals surface area contributed by atoms with Crippen LogP contribution in [0.1, 0.15) is 44.6 Å². The van der Waals surface area contributed by atoms with Gasteiger partial charge in [-0.1, -0.05) is 26.0 Å². The first kappa shape index (κ1) is 17.8. The van der Waals surface area contributed by atoms with Crippen molar-refractivity contribution in [3.8, 4) is 5.75 Å². The Labute approximate surface area is 140 Å². The van der Waals surface area contributed by atoms with E-state index < -0.39 is 0 Å². The van der Waals surface area contributed by atoms with Gasteiger partial charge in [0.25, 0.3) is 0 Å². The third-order valence-electron chi connectivity index (χ3n) is 4.64. The van der Waals surface area contributed by atoms with Gasteiger partial charge in [-0.3, -0.25) is 0 Å². The monoisotopic (exact) mass is 318 g/mol. The molecule has 1 aromatic carbocycles. The third-order valence-corrected chi connectivity index (χ3v) is 4.64. The maximum Gasteiger partial charge on any atom is 0.415 e. The zero-order valence-corrected chi connectivity index (χ0v) is 14.9. The van der Waals surface area contributed by atoms with Crippen molar-refractivity contribution >= 4 is 6.09 Å². The summed E-state index contributed by atoms with van der Waals surface area (Å²) in [6.07, 6.45) is 3.02. The predicted octanol–water partition coefficient (Wildman–Crippen LogP) is 3.97. The van der Waals surface area contributed by atoms with Crippen LogP contribution >= 0.6 is 0 Å². The Bertz CT molecular complexity index is 510. The highest BCUT2D eigenvalue weighted by molar-refractivity contribution is 5.71. The van der Waals surface area contributed by atoms with Gasteiger partial charge in [0.05, 0.1) is 0 Å². The summed E-state index contributed by atoms with van der Waals surface area (Å²) >= 11 is 0. The molecule has 4 nitrogen and oxygen atoms in total. The summed E-state index contributed by atoms with van der Waals surface area (Å²) < 4.78 is 5.57. The Kier molecular flexibility index (Phi) is 6.46. The predicted molar refractivity (Wildman–Crippen MR) is 94.0 cm³/mol. The number of hydrogen-bond acceptors (Lipinski definition) is 3. The molecule has 1 amide bonds. The lowest BCUT2D eigenvalue weighted by atomic mass is 9.85. The molecule has 0 aliphatic carbocycles. The molecule has 1 fully saturated rings. The van der Waals surface area contributed by atoms with Gasteiger partial charge in [-0.25, -0.2) is 4.79 Å². The minimum Gasteiger partial charge on any atom is -0.410 e. The van der Waals surface area contributed by atoms with Crippen LogP contribution in [-0.2, 0) is 0 Å². The van der Waals surface area contributed by atoms with E-state index >= 15 is 0 Å². The highest BCUT2D eigenvalue weighted by Crippen LogP contribution is 2.30. The van der Waals surface area contributed by atoms with E-state index in [1.54, 1.807) is 4.90 Å². The van der Waals surface area contributed by atoms with E-state index in [1.165, 1.54) is 5.56 Å². The number of hydrogen-bond donors (Lipinski definition) is 0. The van der Waals surface area contributed by atoms with E-state index in [-0.39, 0.29) is 6.09 Å². The van der Waals surface area contributed by atoms with Crippen LogP contribution in [0, 0.1) is 5.92 Å². The molecule has 0 spiro atoms. The largest absolute Gasteiger partial charge is 0.415 e. The van der Waals surface area contributed by atoms with Crippen LogP contribution < -0.4 is 4.74 Å². The van der Waals surface area contributed by atoms with Crippen molar-refractivity contribution in [1.29, 1.82) is 0 Å². The van der Waals surface area contributed by atoms with E-state index in [0.29, 0.717) is 17.6 Å². The standard InChI is InChI=1S/C19H30N2O2/c1-5-18(15(2)14-20(3)4)16-9-8-10-17(13-16)23-19(22)21-11-6-7-12-21/h8-10,13,15,18H,5-7,11-12,14H2,1-4H3/t15-,18+/m0/s1.